The number of nitro benzene ring substituents is 1. The fourth-order valence-corrected chi connectivity index (χ4v) is 4.15. The van der Waals surface area contributed by atoms with Gasteiger partial charge in [0.15, 0.2) is 0 Å². The molecule has 0 aliphatic rings. The first-order valence-corrected chi connectivity index (χ1v) is 10.1. The SMILES string of the molecule is CSc1ccccc1-c1nnc(NC(=O)c2cc3cc([N+](=O)[O-])ccc3s2)o1. The van der Waals surface area contributed by atoms with Crippen LogP contribution in [0, 0.1) is 10.1 Å². The highest BCUT2D eigenvalue weighted by atomic mass is 32.2. The Kier molecular flexibility index (Phi) is 4.80. The molecule has 28 heavy (non-hydrogen) atoms. The number of thioether (sulfide) groups is 1. The molecule has 140 valence electrons. The molecule has 0 unspecified atom stereocenters. The van der Waals surface area contributed by atoms with Gasteiger partial charge in [0.05, 0.1) is 15.4 Å². The van der Waals surface area contributed by atoms with E-state index in [1.54, 1.807) is 23.9 Å². The molecule has 4 rings (SSSR count). The second kappa shape index (κ2) is 7.41. The molecular weight excluding hydrogens is 400 g/mol. The van der Waals surface area contributed by atoms with Gasteiger partial charge in [0.25, 0.3) is 17.5 Å². The van der Waals surface area contributed by atoms with Gasteiger partial charge in [-0.05, 0) is 30.5 Å². The van der Waals surface area contributed by atoms with Crippen molar-refractivity contribution in [3.05, 3.63) is 63.5 Å². The summed E-state index contributed by atoms with van der Waals surface area (Å²) in [7, 11) is 0. The molecule has 10 heteroatoms. The van der Waals surface area contributed by atoms with Crippen molar-refractivity contribution >= 4 is 50.8 Å². The van der Waals surface area contributed by atoms with E-state index in [0.717, 1.165) is 15.2 Å². The molecule has 0 aliphatic carbocycles. The number of hydrogen-bond acceptors (Lipinski definition) is 8. The minimum atomic E-state index is -0.469. The molecule has 0 aliphatic heterocycles. The van der Waals surface area contributed by atoms with Crippen molar-refractivity contribution in [2.45, 2.75) is 4.90 Å². The highest BCUT2D eigenvalue weighted by molar-refractivity contribution is 7.98. The molecule has 0 saturated heterocycles. The Bertz CT molecular complexity index is 1200. The van der Waals surface area contributed by atoms with Crippen LogP contribution in [0.25, 0.3) is 21.5 Å². The molecule has 0 fully saturated rings. The van der Waals surface area contributed by atoms with Gasteiger partial charge in [-0.15, -0.1) is 28.2 Å². The molecule has 0 radical (unpaired) electrons. The minimum Gasteiger partial charge on any atom is -0.403 e. The van der Waals surface area contributed by atoms with E-state index in [9.17, 15) is 14.9 Å². The molecule has 1 N–H and O–H groups in total. The van der Waals surface area contributed by atoms with Gasteiger partial charge in [0.2, 0.25) is 0 Å². The number of hydrogen-bond donors (Lipinski definition) is 1. The number of non-ortho nitro benzene ring substituents is 1. The maximum absolute atomic E-state index is 12.5. The summed E-state index contributed by atoms with van der Waals surface area (Å²) < 4.78 is 6.35. The number of thiophene rings is 1. The summed E-state index contributed by atoms with van der Waals surface area (Å²) in [6.07, 6.45) is 1.95. The fraction of sp³-hybridized carbons (Fsp3) is 0.0556. The van der Waals surface area contributed by atoms with Crippen LogP contribution in [0.3, 0.4) is 0 Å². The van der Waals surface area contributed by atoms with Crippen LogP contribution in [-0.2, 0) is 0 Å². The molecule has 0 saturated carbocycles. The van der Waals surface area contributed by atoms with Crippen molar-refractivity contribution in [1.82, 2.24) is 10.2 Å². The number of nitrogens with zero attached hydrogens (tertiary/aromatic N) is 3. The molecule has 0 atom stereocenters. The van der Waals surface area contributed by atoms with Crippen molar-refractivity contribution in [1.29, 1.82) is 0 Å². The summed E-state index contributed by atoms with van der Waals surface area (Å²) in [6, 6.07) is 13.7. The van der Waals surface area contributed by atoms with Gasteiger partial charge in [-0.3, -0.25) is 20.2 Å². The number of carbonyl (C=O) groups excluding carboxylic acids is 1. The predicted octanol–water partition coefficient (Wildman–Crippen LogP) is 4.83. The van der Waals surface area contributed by atoms with Gasteiger partial charge < -0.3 is 4.42 Å². The zero-order valence-corrected chi connectivity index (χ0v) is 16.0. The Morgan fingerprint density at radius 2 is 2.04 bits per heavy atom. The summed E-state index contributed by atoms with van der Waals surface area (Å²) in [4.78, 5) is 24.3. The number of benzene rings is 2. The quantitative estimate of drug-likeness (QED) is 0.284. The third kappa shape index (κ3) is 3.47. The smallest absolute Gasteiger partial charge is 0.322 e. The third-order valence-electron chi connectivity index (χ3n) is 3.92. The van der Waals surface area contributed by atoms with Gasteiger partial charge in [-0.1, -0.05) is 17.2 Å². The van der Waals surface area contributed by atoms with E-state index in [1.165, 1.54) is 23.5 Å². The van der Waals surface area contributed by atoms with E-state index in [2.05, 4.69) is 15.5 Å². The van der Waals surface area contributed by atoms with E-state index in [0.29, 0.717) is 16.2 Å². The number of aromatic nitrogens is 2. The zero-order chi connectivity index (χ0) is 19.7. The van der Waals surface area contributed by atoms with Gasteiger partial charge in [0.1, 0.15) is 0 Å². The number of amides is 1. The Morgan fingerprint density at radius 3 is 2.82 bits per heavy atom. The first kappa shape index (κ1) is 18.1. The average molecular weight is 412 g/mol. The van der Waals surface area contributed by atoms with Crippen LogP contribution in [0.4, 0.5) is 11.7 Å². The Hall–Kier alpha value is -3.24. The summed E-state index contributed by atoms with van der Waals surface area (Å²) >= 11 is 2.78. The second-order valence-electron chi connectivity index (χ2n) is 5.66. The molecule has 2 aromatic heterocycles. The van der Waals surface area contributed by atoms with Crippen LogP contribution in [0.1, 0.15) is 9.67 Å². The Balaban J connectivity index is 1.56. The predicted molar refractivity (Wildman–Crippen MR) is 108 cm³/mol. The molecule has 8 nitrogen and oxygen atoms in total. The van der Waals surface area contributed by atoms with E-state index in [1.807, 2.05) is 30.5 Å². The standard InChI is InChI=1S/C18H12N4O4S2/c1-27-14-5-3-2-4-12(14)17-20-21-18(26-17)19-16(23)15-9-10-8-11(22(24)25)6-7-13(10)28-15/h2-9H,1H3,(H,19,21,23). The van der Waals surface area contributed by atoms with Gasteiger partial charge >= 0.3 is 6.01 Å². The van der Waals surface area contributed by atoms with Crippen molar-refractivity contribution in [2.75, 3.05) is 11.6 Å². The molecule has 1 amide bonds. The Labute approximate surface area is 166 Å². The molecule has 4 aromatic rings. The number of nitrogens with one attached hydrogen (secondary N) is 1. The van der Waals surface area contributed by atoms with E-state index in [-0.39, 0.29) is 11.7 Å². The van der Waals surface area contributed by atoms with Crippen LogP contribution in [0.5, 0.6) is 0 Å². The van der Waals surface area contributed by atoms with E-state index in [4.69, 9.17) is 4.42 Å². The lowest BCUT2D eigenvalue weighted by molar-refractivity contribution is -0.384. The maximum atomic E-state index is 12.5. The average Bonchev–Trinajstić information content (AvgIpc) is 3.34. The summed E-state index contributed by atoms with van der Waals surface area (Å²) in [5.41, 5.74) is 0.767. The van der Waals surface area contributed by atoms with Crippen LogP contribution in [0.15, 0.2) is 57.8 Å². The summed E-state index contributed by atoms with van der Waals surface area (Å²) in [5.74, 6) is -0.107. The molecule has 0 bridgehead atoms. The number of rotatable bonds is 5. The number of anilines is 1. The topological polar surface area (TPSA) is 111 Å². The first-order chi connectivity index (χ1) is 13.5. The highest BCUT2D eigenvalue weighted by Gasteiger charge is 2.17. The van der Waals surface area contributed by atoms with Crippen molar-refractivity contribution in [3.63, 3.8) is 0 Å². The molecule has 2 aromatic carbocycles. The maximum Gasteiger partial charge on any atom is 0.322 e. The lowest BCUT2D eigenvalue weighted by Gasteiger charge is -2.01. The lowest BCUT2D eigenvalue weighted by atomic mass is 10.2. The van der Waals surface area contributed by atoms with Crippen LogP contribution in [-0.4, -0.2) is 27.3 Å². The second-order valence-corrected chi connectivity index (χ2v) is 7.59. The van der Waals surface area contributed by atoms with Crippen molar-refractivity contribution in [3.8, 4) is 11.5 Å². The first-order valence-electron chi connectivity index (χ1n) is 8.01. The zero-order valence-electron chi connectivity index (χ0n) is 14.4. The van der Waals surface area contributed by atoms with E-state index >= 15 is 0 Å². The van der Waals surface area contributed by atoms with Crippen molar-refractivity contribution in [2.24, 2.45) is 0 Å². The third-order valence-corrected chi connectivity index (χ3v) is 5.83. The largest absolute Gasteiger partial charge is 0.403 e. The normalized spacial score (nSPS) is 10.9. The summed E-state index contributed by atoms with van der Waals surface area (Å²) in [6.45, 7) is 0. The van der Waals surface area contributed by atoms with Gasteiger partial charge in [0, 0.05) is 27.1 Å². The Morgan fingerprint density at radius 1 is 1.21 bits per heavy atom. The van der Waals surface area contributed by atoms with Gasteiger partial charge in [-0.25, -0.2) is 0 Å². The lowest BCUT2D eigenvalue weighted by Crippen LogP contribution is -2.10. The van der Waals surface area contributed by atoms with Crippen LogP contribution in [0.2, 0.25) is 0 Å². The number of nitro groups is 1. The summed E-state index contributed by atoms with van der Waals surface area (Å²) in [5, 5.41) is 22.0. The highest BCUT2D eigenvalue weighted by Crippen LogP contribution is 2.31. The number of carbonyl (C=O) groups is 1. The van der Waals surface area contributed by atoms with Gasteiger partial charge in [-0.2, -0.15) is 0 Å². The van der Waals surface area contributed by atoms with Crippen LogP contribution >= 0.6 is 23.1 Å². The molecular formula is C18H12N4O4S2. The van der Waals surface area contributed by atoms with Crippen LogP contribution < -0.4 is 5.32 Å². The molecule has 0 spiro atoms. The van der Waals surface area contributed by atoms with Crippen molar-refractivity contribution < 1.29 is 14.1 Å². The number of fused-ring (bicyclic) bond motifs is 1. The minimum absolute atomic E-state index is 0.0145. The van der Waals surface area contributed by atoms with E-state index < -0.39 is 10.8 Å². The fourth-order valence-electron chi connectivity index (χ4n) is 2.62. The molecule has 2 heterocycles. The monoisotopic (exact) mass is 412 g/mol.